The summed E-state index contributed by atoms with van der Waals surface area (Å²) in [6.45, 7) is 3.98. The van der Waals surface area contributed by atoms with Crippen molar-refractivity contribution in [2.75, 3.05) is 0 Å². The summed E-state index contributed by atoms with van der Waals surface area (Å²) < 4.78 is 0. The molecule has 0 bridgehead atoms. The van der Waals surface area contributed by atoms with Crippen LogP contribution in [0.4, 0.5) is 0 Å². The highest BCUT2D eigenvalue weighted by Gasteiger charge is 2.26. The van der Waals surface area contributed by atoms with Crippen LogP contribution in [0.3, 0.4) is 0 Å². The van der Waals surface area contributed by atoms with Crippen molar-refractivity contribution in [3.8, 4) is 0 Å². The maximum atomic E-state index is 12.6. The number of carboxylic acids is 1. The standard InChI is InChI=1S/C19H16O3/c1-11-7-12(2)16-10-14(18(20)17(16)8-11)9-13-5-3-4-6-15(13)19(21)22/h3-9H,10H2,1-2H3,(H,21,22)/b14-9-. The lowest BCUT2D eigenvalue weighted by molar-refractivity contribution is 0.0696. The summed E-state index contributed by atoms with van der Waals surface area (Å²) in [4.78, 5) is 23.9. The molecule has 0 saturated heterocycles. The van der Waals surface area contributed by atoms with Gasteiger partial charge in [0.15, 0.2) is 5.78 Å². The van der Waals surface area contributed by atoms with Crippen molar-refractivity contribution >= 4 is 17.8 Å². The van der Waals surface area contributed by atoms with E-state index < -0.39 is 5.97 Å². The molecule has 1 aliphatic rings. The van der Waals surface area contributed by atoms with Gasteiger partial charge < -0.3 is 5.11 Å². The number of carboxylic acid groups (broad SMARTS) is 1. The number of carbonyl (C=O) groups excluding carboxylic acids is 1. The average molecular weight is 292 g/mol. The van der Waals surface area contributed by atoms with Crippen LogP contribution in [0.15, 0.2) is 42.0 Å². The quantitative estimate of drug-likeness (QED) is 0.856. The molecular formula is C19H16O3. The van der Waals surface area contributed by atoms with Gasteiger partial charge in [-0.1, -0.05) is 29.8 Å². The van der Waals surface area contributed by atoms with Crippen LogP contribution in [0.25, 0.3) is 6.08 Å². The summed E-state index contributed by atoms with van der Waals surface area (Å²) in [7, 11) is 0. The number of carbonyl (C=O) groups is 2. The predicted molar refractivity (Wildman–Crippen MR) is 85.3 cm³/mol. The highest BCUT2D eigenvalue weighted by Crippen LogP contribution is 2.31. The topological polar surface area (TPSA) is 54.4 Å². The highest BCUT2D eigenvalue weighted by atomic mass is 16.4. The van der Waals surface area contributed by atoms with Crippen LogP contribution in [0, 0.1) is 13.8 Å². The number of rotatable bonds is 2. The molecular weight excluding hydrogens is 276 g/mol. The molecule has 3 nitrogen and oxygen atoms in total. The molecule has 0 amide bonds. The zero-order valence-electron chi connectivity index (χ0n) is 12.5. The Morgan fingerprint density at radius 1 is 1.18 bits per heavy atom. The summed E-state index contributed by atoms with van der Waals surface area (Å²) in [5, 5.41) is 9.25. The smallest absolute Gasteiger partial charge is 0.336 e. The highest BCUT2D eigenvalue weighted by molar-refractivity contribution is 6.16. The summed E-state index contributed by atoms with van der Waals surface area (Å²) in [5.41, 5.74) is 5.41. The van der Waals surface area contributed by atoms with Gasteiger partial charge in [-0.3, -0.25) is 4.79 Å². The third-order valence-electron chi connectivity index (χ3n) is 4.04. The molecule has 0 heterocycles. The van der Waals surface area contributed by atoms with E-state index in [1.165, 1.54) is 0 Å². The van der Waals surface area contributed by atoms with E-state index >= 15 is 0 Å². The number of fused-ring (bicyclic) bond motifs is 1. The van der Waals surface area contributed by atoms with Crippen LogP contribution in [-0.2, 0) is 6.42 Å². The fourth-order valence-electron chi connectivity index (χ4n) is 3.00. The monoisotopic (exact) mass is 292 g/mol. The zero-order valence-corrected chi connectivity index (χ0v) is 12.5. The van der Waals surface area contributed by atoms with Crippen molar-refractivity contribution in [1.29, 1.82) is 0 Å². The Hall–Kier alpha value is -2.68. The maximum absolute atomic E-state index is 12.6. The van der Waals surface area contributed by atoms with Crippen molar-refractivity contribution in [1.82, 2.24) is 0 Å². The molecule has 2 aromatic rings. The van der Waals surface area contributed by atoms with Gasteiger partial charge in [0.05, 0.1) is 5.56 Å². The first-order valence-corrected chi connectivity index (χ1v) is 7.15. The molecule has 2 aromatic carbocycles. The summed E-state index contributed by atoms with van der Waals surface area (Å²) in [6, 6.07) is 10.7. The van der Waals surface area contributed by atoms with E-state index in [0.717, 1.165) is 22.3 Å². The third kappa shape index (κ3) is 2.35. The Morgan fingerprint density at radius 2 is 1.91 bits per heavy atom. The summed E-state index contributed by atoms with van der Waals surface area (Å²) in [6.07, 6.45) is 2.27. The van der Waals surface area contributed by atoms with Gasteiger partial charge >= 0.3 is 5.97 Å². The van der Waals surface area contributed by atoms with Crippen molar-refractivity contribution < 1.29 is 14.7 Å². The number of hydrogen-bond acceptors (Lipinski definition) is 2. The SMILES string of the molecule is Cc1cc(C)c2c(c1)C(=O)/C(=C\c1ccccc1C(=O)O)C2. The Labute approximate surface area is 128 Å². The van der Waals surface area contributed by atoms with E-state index in [0.29, 0.717) is 17.6 Å². The second kappa shape index (κ2) is 5.26. The molecule has 0 aliphatic heterocycles. The lowest BCUT2D eigenvalue weighted by atomic mass is 10.0. The van der Waals surface area contributed by atoms with E-state index in [-0.39, 0.29) is 11.3 Å². The minimum Gasteiger partial charge on any atom is -0.478 e. The Balaban J connectivity index is 2.08. The molecule has 110 valence electrons. The van der Waals surface area contributed by atoms with E-state index in [1.807, 2.05) is 19.9 Å². The van der Waals surface area contributed by atoms with E-state index in [1.54, 1.807) is 30.3 Å². The van der Waals surface area contributed by atoms with Crippen LogP contribution in [0.5, 0.6) is 0 Å². The fraction of sp³-hybridized carbons (Fsp3) is 0.158. The van der Waals surface area contributed by atoms with Crippen LogP contribution in [0.2, 0.25) is 0 Å². The number of Topliss-reactive ketones (excluding diaryl/α,β-unsaturated/α-hetero) is 1. The second-order valence-corrected chi connectivity index (χ2v) is 5.68. The fourth-order valence-corrected chi connectivity index (χ4v) is 3.00. The van der Waals surface area contributed by atoms with Crippen LogP contribution < -0.4 is 0 Å². The van der Waals surface area contributed by atoms with Crippen LogP contribution >= 0.6 is 0 Å². The van der Waals surface area contributed by atoms with Gasteiger partial charge in [0, 0.05) is 17.6 Å². The van der Waals surface area contributed by atoms with Crippen molar-refractivity contribution in [3.05, 3.63) is 75.4 Å². The lowest BCUT2D eigenvalue weighted by Crippen LogP contribution is -2.01. The van der Waals surface area contributed by atoms with Gasteiger partial charge in [-0.05, 0) is 48.7 Å². The summed E-state index contributed by atoms with van der Waals surface area (Å²) >= 11 is 0. The average Bonchev–Trinajstić information content (AvgIpc) is 2.77. The maximum Gasteiger partial charge on any atom is 0.336 e. The normalized spacial score (nSPS) is 15.2. The van der Waals surface area contributed by atoms with Crippen LogP contribution in [0.1, 0.15) is 43.0 Å². The molecule has 22 heavy (non-hydrogen) atoms. The molecule has 0 fully saturated rings. The van der Waals surface area contributed by atoms with Crippen molar-refractivity contribution in [3.63, 3.8) is 0 Å². The second-order valence-electron chi connectivity index (χ2n) is 5.68. The molecule has 1 N–H and O–H groups in total. The molecule has 0 aromatic heterocycles. The van der Waals surface area contributed by atoms with E-state index in [2.05, 4.69) is 6.07 Å². The van der Waals surface area contributed by atoms with Crippen molar-refractivity contribution in [2.24, 2.45) is 0 Å². The molecule has 0 radical (unpaired) electrons. The van der Waals surface area contributed by atoms with Gasteiger partial charge in [-0.15, -0.1) is 0 Å². The predicted octanol–water partition coefficient (Wildman–Crippen LogP) is 3.82. The molecule has 3 rings (SSSR count). The first-order valence-electron chi connectivity index (χ1n) is 7.15. The number of benzene rings is 2. The van der Waals surface area contributed by atoms with Gasteiger partial charge in [0.1, 0.15) is 0 Å². The third-order valence-corrected chi connectivity index (χ3v) is 4.04. The minimum atomic E-state index is -0.984. The number of hydrogen-bond donors (Lipinski definition) is 1. The lowest BCUT2D eigenvalue weighted by Gasteiger charge is -2.03. The number of aromatic carboxylic acids is 1. The molecule has 3 heteroatoms. The van der Waals surface area contributed by atoms with Gasteiger partial charge in [0.2, 0.25) is 0 Å². The molecule has 0 spiro atoms. The van der Waals surface area contributed by atoms with E-state index in [9.17, 15) is 14.7 Å². The summed E-state index contributed by atoms with van der Waals surface area (Å²) in [5.74, 6) is -0.982. The first kappa shape index (κ1) is 14.3. The zero-order chi connectivity index (χ0) is 15.9. The number of ketones is 1. The van der Waals surface area contributed by atoms with Gasteiger partial charge in [0.25, 0.3) is 0 Å². The Morgan fingerprint density at radius 3 is 2.64 bits per heavy atom. The number of allylic oxidation sites excluding steroid dienone is 1. The minimum absolute atomic E-state index is 0.00184. The van der Waals surface area contributed by atoms with Crippen molar-refractivity contribution in [2.45, 2.75) is 20.3 Å². The molecule has 0 unspecified atom stereocenters. The van der Waals surface area contributed by atoms with Gasteiger partial charge in [-0.2, -0.15) is 0 Å². The largest absolute Gasteiger partial charge is 0.478 e. The van der Waals surface area contributed by atoms with E-state index in [4.69, 9.17) is 0 Å². The molecule has 1 aliphatic carbocycles. The number of aryl methyl sites for hydroxylation is 2. The molecule has 0 saturated carbocycles. The Kier molecular flexibility index (Phi) is 3.41. The molecule has 0 atom stereocenters. The Bertz CT molecular complexity index is 829. The van der Waals surface area contributed by atoms with Gasteiger partial charge in [-0.25, -0.2) is 4.79 Å². The van der Waals surface area contributed by atoms with Crippen LogP contribution in [-0.4, -0.2) is 16.9 Å². The first-order chi connectivity index (χ1) is 10.5.